The Kier molecular flexibility index (Phi) is 4.90. The molecule has 27 heavy (non-hydrogen) atoms. The number of carbonyl (C=O) groups is 2. The molecule has 1 aromatic heterocycles. The highest BCUT2D eigenvalue weighted by Gasteiger charge is 2.16. The molecule has 0 radical (unpaired) electrons. The highest BCUT2D eigenvalue weighted by Crippen LogP contribution is 2.29. The summed E-state index contributed by atoms with van der Waals surface area (Å²) in [6.07, 6.45) is 0. The van der Waals surface area contributed by atoms with E-state index in [-0.39, 0.29) is 16.9 Å². The minimum Gasteiger partial charge on any atom is -0.428 e. The lowest BCUT2D eigenvalue weighted by molar-refractivity contribution is -0.129. The zero-order valence-corrected chi connectivity index (χ0v) is 14.8. The molecule has 0 spiro atoms. The zero-order chi connectivity index (χ0) is 19.6. The van der Waals surface area contributed by atoms with Crippen LogP contribution < -0.4 is 15.1 Å². The summed E-state index contributed by atoms with van der Waals surface area (Å²) in [5, 5.41) is 1.12. The van der Waals surface area contributed by atoms with Crippen molar-refractivity contribution in [3.05, 3.63) is 82.4 Å². The van der Waals surface area contributed by atoms with Gasteiger partial charge in [-0.2, -0.15) is 0 Å². The Morgan fingerprint density at radius 2 is 1.70 bits per heavy atom. The molecular weight excluding hydrogens is 348 g/mol. The quantitative estimate of drug-likeness (QED) is 0.398. The summed E-state index contributed by atoms with van der Waals surface area (Å²) in [4.78, 5) is 35.9. The molecule has 1 heterocycles. The molecule has 0 aliphatic carbocycles. The number of benzene rings is 2. The molecule has 0 aliphatic rings. The number of rotatable bonds is 4. The second kappa shape index (κ2) is 7.29. The fourth-order valence-electron chi connectivity index (χ4n) is 2.53. The summed E-state index contributed by atoms with van der Waals surface area (Å²) in [6, 6.07) is 12.5. The van der Waals surface area contributed by atoms with Gasteiger partial charge in [-0.25, -0.2) is 14.4 Å². The molecule has 0 amide bonds. The van der Waals surface area contributed by atoms with E-state index in [1.165, 1.54) is 6.07 Å². The predicted octanol–water partition coefficient (Wildman–Crippen LogP) is 3.80. The van der Waals surface area contributed by atoms with Crippen LogP contribution in [0.15, 0.2) is 69.9 Å². The molecule has 0 atom stereocenters. The largest absolute Gasteiger partial charge is 0.428 e. The van der Waals surface area contributed by atoms with Gasteiger partial charge in [0.25, 0.3) is 0 Å². The fraction of sp³-hybridized carbons (Fsp3) is 0.0952. The highest BCUT2D eigenvalue weighted by molar-refractivity contribution is 6.07. The average Bonchev–Trinajstić information content (AvgIpc) is 2.60. The molecule has 0 fully saturated rings. The van der Waals surface area contributed by atoms with Crippen LogP contribution in [0.2, 0.25) is 0 Å². The van der Waals surface area contributed by atoms with Crippen LogP contribution in [0.4, 0.5) is 0 Å². The zero-order valence-electron chi connectivity index (χ0n) is 14.8. The first-order valence-corrected chi connectivity index (χ1v) is 8.08. The third kappa shape index (κ3) is 3.95. The lowest BCUT2D eigenvalue weighted by atomic mass is 10.0. The summed E-state index contributed by atoms with van der Waals surface area (Å²) in [7, 11) is 0. The number of aryl methyl sites for hydroxylation is 1. The minimum atomic E-state index is -0.644. The minimum absolute atomic E-state index is 0.0932. The molecule has 3 aromatic rings. The van der Waals surface area contributed by atoms with Crippen LogP contribution >= 0.6 is 0 Å². The van der Waals surface area contributed by atoms with Gasteiger partial charge >= 0.3 is 17.6 Å². The van der Waals surface area contributed by atoms with Gasteiger partial charge in [0.1, 0.15) is 17.3 Å². The van der Waals surface area contributed by atoms with Gasteiger partial charge in [0.05, 0.1) is 11.6 Å². The van der Waals surface area contributed by atoms with Crippen molar-refractivity contribution < 1.29 is 23.5 Å². The van der Waals surface area contributed by atoms with Crippen molar-refractivity contribution in [3.8, 4) is 11.5 Å². The Morgan fingerprint density at radius 3 is 2.41 bits per heavy atom. The lowest BCUT2D eigenvalue weighted by Crippen LogP contribution is -2.12. The third-order valence-corrected chi connectivity index (χ3v) is 3.73. The summed E-state index contributed by atoms with van der Waals surface area (Å²) < 4.78 is 15.5. The van der Waals surface area contributed by atoms with Gasteiger partial charge in [-0.15, -0.1) is 0 Å². The molecular formula is C21H16O6. The van der Waals surface area contributed by atoms with E-state index in [0.717, 1.165) is 6.07 Å². The van der Waals surface area contributed by atoms with Crippen LogP contribution in [0.1, 0.15) is 23.0 Å². The molecule has 0 aliphatic heterocycles. The number of carbonyl (C=O) groups excluding carboxylic acids is 2. The molecule has 0 N–H and O–H groups in total. The number of hydrogen-bond acceptors (Lipinski definition) is 6. The van der Waals surface area contributed by atoms with Crippen LogP contribution in [0.25, 0.3) is 10.8 Å². The van der Waals surface area contributed by atoms with Crippen LogP contribution in [0, 0.1) is 6.92 Å². The monoisotopic (exact) mass is 364 g/mol. The predicted molar refractivity (Wildman–Crippen MR) is 99.1 cm³/mol. The maximum absolute atomic E-state index is 12.6. The van der Waals surface area contributed by atoms with Crippen molar-refractivity contribution in [2.45, 2.75) is 13.8 Å². The van der Waals surface area contributed by atoms with Crippen molar-refractivity contribution in [1.29, 1.82) is 0 Å². The van der Waals surface area contributed by atoms with Crippen molar-refractivity contribution in [2.24, 2.45) is 0 Å². The molecule has 3 rings (SSSR count). The van der Waals surface area contributed by atoms with E-state index in [0.29, 0.717) is 22.3 Å². The van der Waals surface area contributed by atoms with Crippen molar-refractivity contribution >= 4 is 22.7 Å². The Morgan fingerprint density at radius 1 is 1.00 bits per heavy atom. The van der Waals surface area contributed by atoms with Gasteiger partial charge < -0.3 is 13.9 Å². The van der Waals surface area contributed by atoms with E-state index in [2.05, 4.69) is 6.58 Å². The maximum Gasteiger partial charge on any atom is 0.344 e. The second-order valence-electron chi connectivity index (χ2n) is 5.94. The summed E-state index contributed by atoms with van der Waals surface area (Å²) in [6.45, 7) is 6.69. The van der Waals surface area contributed by atoms with Gasteiger partial charge in [0.2, 0.25) is 0 Å². The fourth-order valence-corrected chi connectivity index (χ4v) is 2.53. The van der Waals surface area contributed by atoms with E-state index < -0.39 is 17.6 Å². The summed E-state index contributed by atoms with van der Waals surface area (Å²) in [5.74, 6) is -0.463. The van der Waals surface area contributed by atoms with Crippen molar-refractivity contribution in [1.82, 2.24) is 0 Å². The Hall–Kier alpha value is -3.67. The third-order valence-electron chi connectivity index (χ3n) is 3.73. The van der Waals surface area contributed by atoms with Crippen LogP contribution in [-0.4, -0.2) is 11.9 Å². The first kappa shape index (κ1) is 18.1. The Balaban J connectivity index is 1.99. The van der Waals surface area contributed by atoms with Gasteiger partial charge in [-0.3, -0.25) is 0 Å². The summed E-state index contributed by atoms with van der Waals surface area (Å²) >= 11 is 0. The molecule has 6 nitrogen and oxygen atoms in total. The molecule has 2 aromatic carbocycles. The number of esters is 2. The Bertz CT molecular complexity index is 1120. The highest BCUT2D eigenvalue weighted by atomic mass is 16.5. The lowest BCUT2D eigenvalue weighted by Gasteiger charge is -2.11. The van der Waals surface area contributed by atoms with Crippen molar-refractivity contribution in [3.63, 3.8) is 0 Å². The number of fused-ring (bicyclic) bond motifs is 1. The average molecular weight is 364 g/mol. The molecule has 0 saturated heterocycles. The normalized spacial score (nSPS) is 10.4. The van der Waals surface area contributed by atoms with Crippen molar-refractivity contribution in [2.75, 3.05) is 0 Å². The van der Waals surface area contributed by atoms with Crippen LogP contribution in [-0.2, 0) is 4.79 Å². The molecule has 136 valence electrons. The first-order valence-electron chi connectivity index (χ1n) is 8.08. The number of ether oxygens (including phenoxy) is 2. The molecule has 0 bridgehead atoms. The Labute approximate surface area is 154 Å². The topological polar surface area (TPSA) is 82.8 Å². The van der Waals surface area contributed by atoms with Crippen LogP contribution in [0.3, 0.4) is 0 Å². The van der Waals surface area contributed by atoms with Gasteiger partial charge in [-0.05, 0) is 31.4 Å². The maximum atomic E-state index is 12.6. The molecule has 6 heteroatoms. The van der Waals surface area contributed by atoms with E-state index in [9.17, 15) is 14.4 Å². The van der Waals surface area contributed by atoms with Crippen LogP contribution in [0.5, 0.6) is 11.5 Å². The second-order valence-corrected chi connectivity index (χ2v) is 5.94. The smallest absolute Gasteiger partial charge is 0.344 e. The standard InChI is InChI=1S/C21H16O6/c1-12(2)20(23)27-18-9-5-6-15-16(18)7-4-8-17(15)21(24)26-14-10-13(3)25-19(22)11-14/h4-11H,1H2,2-3H3. The SMILES string of the molecule is C=C(C)C(=O)Oc1cccc2c(C(=O)Oc3cc(C)oc(=O)c3)cccc12. The van der Waals surface area contributed by atoms with Gasteiger partial charge in [-0.1, -0.05) is 30.8 Å². The van der Waals surface area contributed by atoms with E-state index in [1.54, 1.807) is 50.2 Å². The summed E-state index contributed by atoms with van der Waals surface area (Å²) in [5.41, 5.74) is -0.0721. The van der Waals surface area contributed by atoms with Gasteiger partial charge in [0, 0.05) is 17.0 Å². The van der Waals surface area contributed by atoms with E-state index in [1.807, 2.05) is 0 Å². The molecule has 0 saturated carbocycles. The van der Waals surface area contributed by atoms with Gasteiger partial charge in [0.15, 0.2) is 0 Å². The van der Waals surface area contributed by atoms with E-state index in [4.69, 9.17) is 13.9 Å². The molecule has 0 unspecified atom stereocenters. The first-order chi connectivity index (χ1) is 12.8. The number of hydrogen-bond donors (Lipinski definition) is 0. The van der Waals surface area contributed by atoms with E-state index >= 15 is 0 Å².